The molecule has 0 aliphatic carbocycles. The van der Waals surface area contributed by atoms with Gasteiger partial charge in [-0.2, -0.15) is 0 Å². The van der Waals surface area contributed by atoms with Crippen LogP contribution < -0.4 is 9.46 Å². The van der Waals surface area contributed by atoms with Gasteiger partial charge >= 0.3 is 0 Å². The molecule has 2 rings (SSSR count). The summed E-state index contributed by atoms with van der Waals surface area (Å²) < 4.78 is 32.0. The van der Waals surface area contributed by atoms with Crippen molar-refractivity contribution in [1.82, 2.24) is 4.72 Å². The Labute approximate surface area is 128 Å². The van der Waals surface area contributed by atoms with Crippen LogP contribution in [0.2, 0.25) is 0 Å². The molecular formula is C14H17NO4S2. The predicted octanol–water partition coefficient (Wildman–Crippen LogP) is 2.08. The van der Waals surface area contributed by atoms with Gasteiger partial charge in [-0.05, 0) is 36.1 Å². The van der Waals surface area contributed by atoms with Gasteiger partial charge in [0.2, 0.25) is 10.0 Å². The Balaban J connectivity index is 2.13. The van der Waals surface area contributed by atoms with E-state index in [9.17, 15) is 13.5 Å². The number of aryl methyl sites for hydroxylation is 1. The number of thiophene rings is 1. The molecule has 0 saturated carbocycles. The molecule has 1 atom stereocenters. The van der Waals surface area contributed by atoms with E-state index in [1.807, 2.05) is 18.4 Å². The SMILES string of the molecule is COc1ccccc1S(=O)(=O)NCC(O)c1sccc1C. The smallest absolute Gasteiger partial charge is 0.244 e. The van der Waals surface area contributed by atoms with Crippen LogP contribution in [0.25, 0.3) is 0 Å². The van der Waals surface area contributed by atoms with Gasteiger partial charge in [0.15, 0.2) is 0 Å². The van der Waals surface area contributed by atoms with Crippen LogP contribution in [0.4, 0.5) is 0 Å². The number of aliphatic hydroxyl groups excluding tert-OH is 1. The summed E-state index contributed by atoms with van der Waals surface area (Å²) in [7, 11) is -2.32. The van der Waals surface area contributed by atoms with E-state index in [0.29, 0.717) is 0 Å². The van der Waals surface area contributed by atoms with E-state index in [1.165, 1.54) is 24.5 Å². The molecule has 1 aromatic carbocycles. The number of benzene rings is 1. The number of ether oxygens (including phenoxy) is 1. The number of nitrogens with one attached hydrogen (secondary N) is 1. The van der Waals surface area contributed by atoms with Gasteiger partial charge in [0.1, 0.15) is 16.7 Å². The molecule has 7 heteroatoms. The fraction of sp³-hybridized carbons (Fsp3) is 0.286. The van der Waals surface area contributed by atoms with Crippen molar-refractivity contribution in [3.63, 3.8) is 0 Å². The summed E-state index contributed by atoms with van der Waals surface area (Å²) in [5.41, 5.74) is 0.948. The van der Waals surface area contributed by atoms with Gasteiger partial charge in [0, 0.05) is 11.4 Å². The maximum atomic E-state index is 12.3. The number of hydrogen-bond acceptors (Lipinski definition) is 5. The number of aliphatic hydroxyl groups is 1. The molecule has 0 aliphatic rings. The third kappa shape index (κ3) is 3.62. The quantitative estimate of drug-likeness (QED) is 0.852. The van der Waals surface area contributed by atoms with Gasteiger partial charge < -0.3 is 9.84 Å². The lowest BCUT2D eigenvalue weighted by Crippen LogP contribution is -2.28. The van der Waals surface area contributed by atoms with E-state index in [0.717, 1.165) is 10.4 Å². The molecule has 21 heavy (non-hydrogen) atoms. The number of rotatable bonds is 6. The summed E-state index contributed by atoms with van der Waals surface area (Å²) in [4.78, 5) is 0.820. The van der Waals surface area contributed by atoms with Crippen LogP contribution in [0.3, 0.4) is 0 Å². The topological polar surface area (TPSA) is 75.6 Å². The first kappa shape index (κ1) is 16.0. The highest BCUT2D eigenvalue weighted by molar-refractivity contribution is 7.89. The molecule has 1 unspecified atom stereocenters. The highest BCUT2D eigenvalue weighted by Crippen LogP contribution is 2.25. The van der Waals surface area contributed by atoms with Crippen LogP contribution in [-0.4, -0.2) is 27.2 Å². The van der Waals surface area contributed by atoms with Crippen LogP contribution in [0, 0.1) is 6.92 Å². The van der Waals surface area contributed by atoms with Crippen LogP contribution in [-0.2, 0) is 10.0 Å². The first-order valence-electron chi connectivity index (χ1n) is 6.30. The maximum Gasteiger partial charge on any atom is 0.244 e. The second-order valence-electron chi connectivity index (χ2n) is 4.49. The largest absolute Gasteiger partial charge is 0.495 e. The Bertz CT molecular complexity index is 709. The lowest BCUT2D eigenvalue weighted by molar-refractivity contribution is 0.185. The zero-order valence-electron chi connectivity index (χ0n) is 11.7. The van der Waals surface area contributed by atoms with Gasteiger partial charge in [-0.25, -0.2) is 13.1 Å². The van der Waals surface area contributed by atoms with Crippen molar-refractivity contribution >= 4 is 21.4 Å². The van der Waals surface area contributed by atoms with Crippen LogP contribution >= 0.6 is 11.3 Å². The zero-order valence-corrected chi connectivity index (χ0v) is 13.4. The monoisotopic (exact) mass is 327 g/mol. The summed E-state index contributed by atoms with van der Waals surface area (Å²) >= 11 is 1.40. The molecule has 1 aromatic heterocycles. The second kappa shape index (κ2) is 6.57. The summed E-state index contributed by atoms with van der Waals surface area (Å²) in [6.45, 7) is 1.80. The Kier molecular flexibility index (Phi) is 5.00. The highest BCUT2D eigenvalue weighted by Gasteiger charge is 2.21. The molecule has 114 valence electrons. The van der Waals surface area contributed by atoms with Gasteiger partial charge in [-0.15, -0.1) is 11.3 Å². The second-order valence-corrected chi connectivity index (χ2v) is 7.17. The fourth-order valence-electron chi connectivity index (χ4n) is 1.93. The fourth-order valence-corrected chi connectivity index (χ4v) is 4.05. The van der Waals surface area contributed by atoms with E-state index in [-0.39, 0.29) is 17.2 Å². The molecular weight excluding hydrogens is 310 g/mol. The van der Waals surface area contributed by atoms with Crippen molar-refractivity contribution in [1.29, 1.82) is 0 Å². The lowest BCUT2D eigenvalue weighted by Gasteiger charge is -2.13. The number of methoxy groups -OCH3 is 1. The van der Waals surface area contributed by atoms with Crippen LogP contribution in [0.1, 0.15) is 16.5 Å². The van der Waals surface area contributed by atoms with Crippen molar-refractivity contribution in [3.8, 4) is 5.75 Å². The number of para-hydroxylation sites is 1. The molecule has 0 bridgehead atoms. The normalized spacial score (nSPS) is 13.1. The molecule has 0 aliphatic heterocycles. The molecule has 5 nitrogen and oxygen atoms in total. The summed E-state index contributed by atoms with van der Waals surface area (Å²) in [6, 6.07) is 8.24. The van der Waals surface area contributed by atoms with E-state index in [2.05, 4.69) is 4.72 Å². The Morgan fingerprint density at radius 3 is 2.67 bits per heavy atom. The zero-order chi connectivity index (χ0) is 15.5. The molecule has 0 radical (unpaired) electrons. The molecule has 0 spiro atoms. The molecule has 2 aromatic rings. The van der Waals surface area contributed by atoms with Gasteiger partial charge in [0.25, 0.3) is 0 Å². The Morgan fingerprint density at radius 2 is 2.05 bits per heavy atom. The number of hydrogen-bond donors (Lipinski definition) is 2. The van der Waals surface area contributed by atoms with Gasteiger partial charge in [0.05, 0.1) is 7.11 Å². The van der Waals surface area contributed by atoms with Crippen molar-refractivity contribution in [2.45, 2.75) is 17.9 Å². The third-order valence-electron chi connectivity index (χ3n) is 3.03. The van der Waals surface area contributed by atoms with E-state index >= 15 is 0 Å². The summed E-state index contributed by atoms with van der Waals surface area (Å²) in [5.74, 6) is 0.270. The average Bonchev–Trinajstić information content (AvgIpc) is 2.91. The Morgan fingerprint density at radius 1 is 1.33 bits per heavy atom. The first-order chi connectivity index (χ1) is 9.95. The molecule has 0 amide bonds. The number of sulfonamides is 1. The van der Waals surface area contributed by atoms with Crippen LogP contribution in [0.5, 0.6) is 5.75 Å². The van der Waals surface area contributed by atoms with E-state index in [1.54, 1.807) is 18.2 Å². The minimum Gasteiger partial charge on any atom is -0.495 e. The van der Waals surface area contributed by atoms with Crippen LogP contribution in [0.15, 0.2) is 40.6 Å². The lowest BCUT2D eigenvalue weighted by atomic mass is 10.2. The summed E-state index contributed by atoms with van der Waals surface area (Å²) in [5, 5.41) is 11.9. The standard InChI is InChI=1S/C14H17NO4S2/c1-10-7-8-20-14(10)11(16)9-15-21(17,18)13-6-4-3-5-12(13)19-2/h3-8,11,15-16H,9H2,1-2H3. The minimum atomic E-state index is -3.73. The average molecular weight is 327 g/mol. The van der Waals surface area contributed by atoms with E-state index in [4.69, 9.17) is 4.74 Å². The van der Waals surface area contributed by atoms with Crippen molar-refractivity contribution in [3.05, 3.63) is 46.2 Å². The first-order valence-corrected chi connectivity index (χ1v) is 8.66. The van der Waals surface area contributed by atoms with Crippen molar-refractivity contribution in [2.75, 3.05) is 13.7 Å². The molecule has 2 N–H and O–H groups in total. The van der Waals surface area contributed by atoms with Gasteiger partial charge in [-0.1, -0.05) is 12.1 Å². The molecule has 1 heterocycles. The molecule has 0 fully saturated rings. The van der Waals surface area contributed by atoms with Gasteiger partial charge in [-0.3, -0.25) is 0 Å². The van der Waals surface area contributed by atoms with E-state index < -0.39 is 16.1 Å². The molecule has 0 saturated heterocycles. The maximum absolute atomic E-state index is 12.3. The van der Waals surface area contributed by atoms with Crippen molar-refractivity contribution < 1.29 is 18.3 Å². The predicted molar refractivity (Wildman–Crippen MR) is 82.2 cm³/mol. The van der Waals surface area contributed by atoms with Crippen molar-refractivity contribution in [2.24, 2.45) is 0 Å². The highest BCUT2D eigenvalue weighted by atomic mass is 32.2. The summed E-state index contributed by atoms with van der Waals surface area (Å²) in [6.07, 6.45) is -0.866. The minimum absolute atomic E-state index is 0.0580. The Hall–Kier alpha value is -1.41. The third-order valence-corrected chi connectivity index (χ3v) is 5.61.